The van der Waals surface area contributed by atoms with Gasteiger partial charge < -0.3 is 9.40 Å². The minimum atomic E-state index is -4.48. The Labute approximate surface area is 187 Å². The van der Waals surface area contributed by atoms with Crippen LogP contribution in [0.25, 0.3) is 28.6 Å². The number of H-pyrrole nitrogens is 1. The van der Waals surface area contributed by atoms with Crippen LogP contribution >= 0.6 is 0 Å². The van der Waals surface area contributed by atoms with Gasteiger partial charge in [0.25, 0.3) is 0 Å². The summed E-state index contributed by atoms with van der Waals surface area (Å²) >= 11 is 0. The lowest BCUT2D eigenvalue weighted by Crippen LogP contribution is -2.04. The van der Waals surface area contributed by atoms with Crippen LogP contribution in [0.4, 0.5) is 13.2 Å². The monoisotopic (exact) mass is 449 g/mol. The molecule has 33 heavy (non-hydrogen) atoms. The van der Waals surface area contributed by atoms with E-state index in [1.165, 1.54) is 6.07 Å². The first-order valence-electron chi connectivity index (χ1n) is 9.93. The summed E-state index contributed by atoms with van der Waals surface area (Å²) in [6.07, 6.45) is -2.87. The Morgan fingerprint density at radius 1 is 1.15 bits per heavy atom. The number of nitriles is 2. The molecule has 1 aromatic carbocycles. The van der Waals surface area contributed by atoms with Gasteiger partial charge in [-0.3, -0.25) is 4.57 Å². The molecule has 1 N–H and O–H groups in total. The lowest BCUT2D eigenvalue weighted by Gasteiger charge is -2.06. The molecule has 0 amide bonds. The molecule has 0 fully saturated rings. The Balaban J connectivity index is 1.81. The lowest BCUT2D eigenvalue weighted by atomic mass is 10.1. The molecular weight excluding hydrogens is 431 g/mol. The second-order valence-electron chi connectivity index (χ2n) is 7.72. The third-order valence-electron chi connectivity index (χ3n) is 5.64. The van der Waals surface area contributed by atoms with Crippen LogP contribution in [0.15, 0.2) is 28.7 Å². The van der Waals surface area contributed by atoms with Crippen LogP contribution in [0.2, 0.25) is 0 Å². The molecule has 3 aromatic heterocycles. The van der Waals surface area contributed by atoms with Crippen molar-refractivity contribution < 1.29 is 17.6 Å². The highest BCUT2D eigenvalue weighted by Crippen LogP contribution is 2.32. The number of nitrogens with zero attached hydrogens (tertiary/aromatic N) is 4. The van der Waals surface area contributed by atoms with Gasteiger partial charge in [0.15, 0.2) is 0 Å². The van der Waals surface area contributed by atoms with Crippen molar-refractivity contribution in [2.45, 2.75) is 33.9 Å². The van der Waals surface area contributed by atoms with Crippen molar-refractivity contribution in [2.24, 2.45) is 0 Å². The van der Waals surface area contributed by atoms with E-state index in [1.54, 1.807) is 17.6 Å². The third-order valence-corrected chi connectivity index (χ3v) is 5.64. The van der Waals surface area contributed by atoms with E-state index >= 15 is 0 Å². The van der Waals surface area contributed by atoms with Gasteiger partial charge in [0, 0.05) is 17.0 Å². The van der Waals surface area contributed by atoms with Crippen LogP contribution < -0.4 is 0 Å². The lowest BCUT2D eigenvalue weighted by molar-refractivity contribution is -0.137. The van der Waals surface area contributed by atoms with E-state index < -0.39 is 11.7 Å². The molecule has 0 radical (unpaired) electrons. The highest BCUT2D eigenvalue weighted by atomic mass is 19.4. The van der Waals surface area contributed by atoms with Gasteiger partial charge in [-0.1, -0.05) is 0 Å². The molecule has 0 aliphatic carbocycles. The first kappa shape index (κ1) is 22.0. The van der Waals surface area contributed by atoms with Crippen LogP contribution in [-0.2, 0) is 6.18 Å². The van der Waals surface area contributed by atoms with Crippen molar-refractivity contribution in [2.75, 3.05) is 0 Å². The van der Waals surface area contributed by atoms with Crippen LogP contribution in [-0.4, -0.2) is 14.5 Å². The van der Waals surface area contributed by atoms with E-state index in [4.69, 9.17) is 4.42 Å². The van der Waals surface area contributed by atoms with Gasteiger partial charge in [-0.2, -0.15) is 23.7 Å². The molecule has 6 nitrogen and oxygen atoms in total. The predicted molar refractivity (Wildman–Crippen MR) is 116 cm³/mol. The second-order valence-corrected chi connectivity index (χ2v) is 7.72. The van der Waals surface area contributed by atoms with Crippen LogP contribution in [0.1, 0.15) is 45.2 Å². The minimum absolute atomic E-state index is 0.160. The number of aryl methyl sites for hydroxylation is 2. The number of alkyl halides is 3. The Morgan fingerprint density at radius 2 is 1.88 bits per heavy atom. The maximum atomic E-state index is 13.0. The van der Waals surface area contributed by atoms with Crippen LogP contribution in [0.3, 0.4) is 0 Å². The van der Waals surface area contributed by atoms with Crippen molar-refractivity contribution in [1.29, 1.82) is 10.5 Å². The highest BCUT2D eigenvalue weighted by molar-refractivity contribution is 5.91. The molecule has 0 bridgehead atoms. The quantitative estimate of drug-likeness (QED) is 0.380. The third kappa shape index (κ3) is 3.68. The zero-order valence-corrected chi connectivity index (χ0v) is 18.2. The normalized spacial score (nSPS) is 12.2. The Morgan fingerprint density at radius 3 is 2.52 bits per heavy atom. The zero-order valence-electron chi connectivity index (χ0n) is 18.2. The number of rotatable bonds is 3. The first-order chi connectivity index (χ1) is 15.5. The van der Waals surface area contributed by atoms with Crippen molar-refractivity contribution in [3.63, 3.8) is 0 Å². The van der Waals surface area contributed by atoms with Gasteiger partial charge in [0.05, 0.1) is 22.2 Å². The number of benzene rings is 1. The Kier molecular flexibility index (Phi) is 5.14. The molecule has 0 aliphatic rings. The van der Waals surface area contributed by atoms with E-state index in [0.717, 1.165) is 29.1 Å². The van der Waals surface area contributed by atoms with Gasteiger partial charge in [0.1, 0.15) is 29.3 Å². The Hall–Kier alpha value is -4.24. The molecule has 4 rings (SSSR count). The fourth-order valence-corrected chi connectivity index (χ4v) is 3.77. The van der Waals surface area contributed by atoms with Gasteiger partial charge in [0.2, 0.25) is 5.88 Å². The molecule has 0 saturated heterocycles. The summed E-state index contributed by atoms with van der Waals surface area (Å²) in [6.45, 7) is 7.28. The molecule has 0 atom stereocenters. The second kappa shape index (κ2) is 7.72. The van der Waals surface area contributed by atoms with Gasteiger partial charge in [-0.05, 0) is 63.6 Å². The number of hydrogen-bond acceptors (Lipinski definition) is 4. The molecule has 3 heterocycles. The summed E-state index contributed by atoms with van der Waals surface area (Å²) in [5.74, 6) is 1.22. The fourth-order valence-electron chi connectivity index (χ4n) is 3.77. The van der Waals surface area contributed by atoms with Gasteiger partial charge in [-0.15, -0.1) is 0 Å². The number of aromatic amines is 1. The number of aromatic nitrogens is 3. The van der Waals surface area contributed by atoms with Crippen molar-refractivity contribution in [3.05, 3.63) is 69.5 Å². The predicted octanol–water partition coefficient (Wildman–Crippen LogP) is 6.13. The summed E-state index contributed by atoms with van der Waals surface area (Å²) in [4.78, 5) is 7.09. The standard InChI is InChI=1S/C24H18F3N5O/c1-12-7-16(14(3)32(12)23-19(11-29)13(2)15(4)33-23)8-17(10-28)22-30-20-6-5-18(24(25,26)27)9-21(20)31-22/h5-9H,1-4H3,(H,30,31)/b17-8+. The van der Waals surface area contributed by atoms with E-state index in [0.29, 0.717) is 28.3 Å². The zero-order chi connectivity index (χ0) is 24.1. The average molecular weight is 449 g/mol. The molecule has 0 saturated carbocycles. The van der Waals surface area contributed by atoms with E-state index in [9.17, 15) is 23.7 Å². The smallest absolute Gasteiger partial charge is 0.416 e. The first-order valence-corrected chi connectivity index (χ1v) is 9.93. The number of hydrogen-bond donors (Lipinski definition) is 1. The molecule has 4 aromatic rings. The molecule has 166 valence electrons. The number of allylic oxidation sites excluding steroid dienone is 1. The van der Waals surface area contributed by atoms with Gasteiger partial charge in [-0.25, -0.2) is 4.98 Å². The van der Waals surface area contributed by atoms with E-state index in [1.807, 2.05) is 26.8 Å². The fraction of sp³-hybridized carbons (Fsp3) is 0.208. The number of nitrogens with one attached hydrogen (secondary N) is 1. The van der Waals surface area contributed by atoms with E-state index in [2.05, 4.69) is 22.1 Å². The average Bonchev–Trinajstić information content (AvgIpc) is 3.38. The van der Waals surface area contributed by atoms with Crippen molar-refractivity contribution in [1.82, 2.24) is 14.5 Å². The summed E-state index contributed by atoms with van der Waals surface area (Å²) < 4.78 is 46.7. The van der Waals surface area contributed by atoms with E-state index in [-0.39, 0.29) is 16.9 Å². The maximum absolute atomic E-state index is 13.0. The summed E-state index contributed by atoms with van der Waals surface area (Å²) in [5.41, 5.74) is 3.29. The van der Waals surface area contributed by atoms with Crippen LogP contribution in [0, 0.1) is 50.4 Å². The SMILES string of the molecule is Cc1oc(-n2c(C)cc(/C=C(\C#N)c3nc4ccc(C(F)(F)F)cc4[nH]3)c2C)c(C#N)c1C. The number of furan rings is 1. The minimum Gasteiger partial charge on any atom is -0.443 e. The van der Waals surface area contributed by atoms with Crippen LogP contribution in [0.5, 0.6) is 0 Å². The summed E-state index contributed by atoms with van der Waals surface area (Å²) in [7, 11) is 0. The van der Waals surface area contributed by atoms with Gasteiger partial charge >= 0.3 is 6.18 Å². The largest absolute Gasteiger partial charge is 0.443 e. The molecule has 0 spiro atoms. The van der Waals surface area contributed by atoms with Crippen molar-refractivity contribution in [3.8, 4) is 18.0 Å². The number of imidazole rings is 1. The molecular formula is C24H18F3N5O. The molecule has 0 aliphatic heterocycles. The Bertz CT molecular complexity index is 1520. The highest BCUT2D eigenvalue weighted by Gasteiger charge is 2.30. The topological polar surface area (TPSA) is 94.3 Å². The summed E-state index contributed by atoms with van der Waals surface area (Å²) in [6, 6.07) is 9.27. The summed E-state index contributed by atoms with van der Waals surface area (Å²) in [5, 5.41) is 19.3. The number of halogens is 3. The molecule has 0 unspecified atom stereocenters. The van der Waals surface area contributed by atoms with Crippen molar-refractivity contribution >= 4 is 22.7 Å². The number of fused-ring (bicyclic) bond motifs is 1. The molecule has 9 heteroatoms. The maximum Gasteiger partial charge on any atom is 0.416 e.